The van der Waals surface area contributed by atoms with Gasteiger partial charge in [-0.05, 0) is 30.3 Å². The molecule has 3 N–H and O–H groups in total. The maximum Gasteiger partial charge on any atom is 0.175 e. The Bertz CT molecular complexity index is 759. The third-order valence-electron chi connectivity index (χ3n) is 2.93. The molecule has 5 nitrogen and oxygen atoms in total. The Balaban J connectivity index is 0.00000242. The summed E-state index contributed by atoms with van der Waals surface area (Å²) in [6.07, 6.45) is 1.17. The summed E-state index contributed by atoms with van der Waals surface area (Å²) in [6.45, 7) is 0.155. The van der Waals surface area contributed by atoms with E-state index in [1.165, 1.54) is 6.26 Å². The third kappa shape index (κ3) is 4.47. The Hall–Kier alpha value is -2.05. The highest BCUT2D eigenvalue weighted by molar-refractivity contribution is 7.90. The molecule has 0 saturated carbocycles. The summed E-state index contributed by atoms with van der Waals surface area (Å²) in [5, 5.41) is 7.31. The van der Waals surface area contributed by atoms with Crippen molar-refractivity contribution in [2.24, 2.45) is 5.73 Å². The number of amidine groups is 1. The standard InChI is InChI=1S/C15H16N2O3S.ClH/c1-21(18,19)14-5-3-2-4-12(14)10-20-13-8-6-11(7-9-13)15(16)17;/h2-9H,10H2,1H3,(H3,16,17);1H. The Morgan fingerprint density at radius 3 is 2.27 bits per heavy atom. The Morgan fingerprint density at radius 1 is 1.14 bits per heavy atom. The molecule has 0 aromatic heterocycles. The zero-order valence-corrected chi connectivity index (χ0v) is 13.6. The maximum atomic E-state index is 11.7. The van der Waals surface area contributed by atoms with E-state index in [1.807, 2.05) is 0 Å². The summed E-state index contributed by atoms with van der Waals surface area (Å²) < 4.78 is 29.0. The molecule has 0 amide bonds. The molecule has 2 aromatic rings. The lowest BCUT2D eigenvalue weighted by atomic mass is 10.2. The minimum atomic E-state index is -3.28. The molecular formula is C15H17ClN2O3S. The van der Waals surface area contributed by atoms with Gasteiger partial charge in [0.2, 0.25) is 0 Å². The van der Waals surface area contributed by atoms with Crippen molar-refractivity contribution in [3.8, 4) is 5.75 Å². The summed E-state index contributed by atoms with van der Waals surface area (Å²) in [5.41, 5.74) is 6.59. The molecule has 0 aliphatic carbocycles. The molecule has 0 fully saturated rings. The van der Waals surface area contributed by atoms with Crippen LogP contribution in [0.25, 0.3) is 0 Å². The lowest BCUT2D eigenvalue weighted by Gasteiger charge is -2.10. The number of benzene rings is 2. The molecule has 2 aromatic carbocycles. The van der Waals surface area contributed by atoms with Gasteiger partial charge in [0.15, 0.2) is 9.84 Å². The fourth-order valence-electron chi connectivity index (χ4n) is 1.88. The number of sulfone groups is 1. The van der Waals surface area contributed by atoms with Gasteiger partial charge in [0.25, 0.3) is 0 Å². The van der Waals surface area contributed by atoms with Crippen LogP contribution in [0.4, 0.5) is 0 Å². The molecule has 7 heteroatoms. The molecule has 0 saturated heterocycles. The van der Waals surface area contributed by atoms with Crippen molar-refractivity contribution in [2.75, 3.05) is 6.26 Å². The predicted octanol–water partition coefficient (Wildman–Crippen LogP) is 2.37. The third-order valence-corrected chi connectivity index (χ3v) is 4.13. The molecule has 0 spiro atoms. The largest absolute Gasteiger partial charge is 0.489 e. The number of nitrogens with one attached hydrogen (secondary N) is 1. The van der Waals surface area contributed by atoms with E-state index >= 15 is 0 Å². The van der Waals surface area contributed by atoms with Crippen molar-refractivity contribution in [2.45, 2.75) is 11.5 Å². The Morgan fingerprint density at radius 2 is 1.73 bits per heavy atom. The highest BCUT2D eigenvalue weighted by Gasteiger charge is 2.12. The normalized spacial score (nSPS) is 10.6. The van der Waals surface area contributed by atoms with E-state index in [9.17, 15) is 8.42 Å². The first-order valence-electron chi connectivity index (χ1n) is 6.23. The fourth-order valence-corrected chi connectivity index (χ4v) is 2.81. The van der Waals surface area contributed by atoms with Crippen LogP contribution in [0.2, 0.25) is 0 Å². The summed E-state index contributed by atoms with van der Waals surface area (Å²) in [7, 11) is -3.28. The molecule has 0 heterocycles. The average Bonchev–Trinajstić information content (AvgIpc) is 2.45. The minimum absolute atomic E-state index is 0. The molecule has 0 unspecified atom stereocenters. The van der Waals surface area contributed by atoms with Crippen LogP contribution in [0.5, 0.6) is 5.75 Å². The number of nitrogen functional groups attached to an aromatic ring is 1. The summed E-state index contributed by atoms with van der Waals surface area (Å²) >= 11 is 0. The summed E-state index contributed by atoms with van der Waals surface area (Å²) in [5.74, 6) is 0.576. The van der Waals surface area contributed by atoms with Crippen molar-refractivity contribution in [1.29, 1.82) is 5.41 Å². The van der Waals surface area contributed by atoms with Gasteiger partial charge in [-0.2, -0.15) is 0 Å². The van der Waals surface area contributed by atoms with Gasteiger partial charge in [-0.3, -0.25) is 5.41 Å². The quantitative estimate of drug-likeness (QED) is 0.645. The average molecular weight is 341 g/mol. The van der Waals surface area contributed by atoms with E-state index in [1.54, 1.807) is 48.5 Å². The fraction of sp³-hybridized carbons (Fsp3) is 0.133. The van der Waals surface area contributed by atoms with Gasteiger partial charge in [0, 0.05) is 17.4 Å². The van der Waals surface area contributed by atoms with E-state index in [0.29, 0.717) is 16.9 Å². The van der Waals surface area contributed by atoms with Crippen molar-refractivity contribution < 1.29 is 13.2 Å². The highest BCUT2D eigenvalue weighted by Crippen LogP contribution is 2.19. The molecule has 0 atom stereocenters. The van der Waals surface area contributed by atoms with Gasteiger partial charge in [-0.25, -0.2) is 8.42 Å². The van der Waals surface area contributed by atoms with Gasteiger partial charge in [-0.1, -0.05) is 18.2 Å². The molecule has 0 aliphatic heterocycles. The number of rotatable bonds is 5. The number of hydrogen-bond acceptors (Lipinski definition) is 4. The van der Waals surface area contributed by atoms with Crippen molar-refractivity contribution in [1.82, 2.24) is 0 Å². The molecule has 0 aliphatic rings. The second-order valence-electron chi connectivity index (χ2n) is 4.61. The van der Waals surface area contributed by atoms with E-state index in [0.717, 1.165) is 0 Å². The van der Waals surface area contributed by atoms with Gasteiger partial charge in [0.05, 0.1) is 4.90 Å². The Labute approximate surface area is 136 Å². The predicted molar refractivity (Wildman–Crippen MR) is 88.6 cm³/mol. The number of ether oxygens (including phenoxy) is 1. The van der Waals surface area contributed by atoms with Crippen LogP contribution in [-0.4, -0.2) is 20.5 Å². The second kappa shape index (κ2) is 7.29. The maximum absolute atomic E-state index is 11.7. The van der Waals surface area contributed by atoms with E-state index in [-0.39, 0.29) is 29.7 Å². The first kappa shape index (κ1) is 18.0. The molecular weight excluding hydrogens is 324 g/mol. The molecule has 2 rings (SSSR count). The number of hydrogen-bond donors (Lipinski definition) is 2. The van der Waals surface area contributed by atoms with Gasteiger partial charge < -0.3 is 10.5 Å². The topological polar surface area (TPSA) is 93.2 Å². The van der Waals surface area contributed by atoms with Crippen LogP contribution < -0.4 is 10.5 Å². The van der Waals surface area contributed by atoms with Gasteiger partial charge >= 0.3 is 0 Å². The van der Waals surface area contributed by atoms with Crippen LogP contribution >= 0.6 is 12.4 Å². The van der Waals surface area contributed by atoms with Gasteiger partial charge in [0.1, 0.15) is 18.2 Å². The van der Waals surface area contributed by atoms with Crippen molar-refractivity contribution >= 4 is 28.1 Å². The summed E-state index contributed by atoms with van der Waals surface area (Å²) in [6, 6.07) is 13.5. The second-order valence-corrected chi connectivity index (χ2v) is 6.59. The van der Waals surface area contributed by atoms with E-state index in [4.69, 9.17) is 15.9 Å². The highest BCUT2D eigenvalue weighted by atomic mass is 35.5. The number of nitrogens with two attached hydrogens (primary N) is 1. The zero-order chi connectivity index (χ0) is 15.5. The van der Waals surface area contributed by atoms with E-state index in [2.05, 4.69) is 0 Å². The Kier molecular flexibility index (Phi) is 5.96. The lowest BCUT2D eigenvalue weighted by Crippen LogP contribution is -2.10. The van der Waals surface area contributed by atoms with Crippen molar-refractivity contribution in [3.05, 3.63) is 59.7 Å². The lowest BCUT2D eigenvalue weighted by molar-refractivity contribution is 0.303. The molecule has 0 bridgehead atoms. The molecule has 0 radical (unpaired) electrons. The molecule has 22 heavy (non-hydrogen) atoms. The van der Waals surface area contributed by atoms with Gasteiger partial charge in [-0.15, -0.1) is 12.4 Å². The van der Waals surface area contributed by atoms with Crippen LogP contribution in [0, 0.1) is 5.41 Å². The first-order chi connectivity index (χ1) is 9.88. The van der Waals surface area contributed by atoms with Crippen LogP contribution in [0.15, 0.2) is 53.4 Å². The summed E-state index contributed by atoms with van der Waals surface area (Å²) in [4.78, 5) is 0.269. The molecule has 118 valence electrons. The zero-order valence-electron chi connectivity index (χ0n) is 11.9. The van der Waals surface area contributed by atoms with Crippen molar-refractivity contribution in [3.63, 3.8) is 0 Å². The first-order valence-corrected chi connectivity index (χ1v) is 8.12. The van der Waals surface area contributed by atoms with Crippen LogP contribution in [0.1, 0.15) is 11.1 Å². The van der Waals surface area contributed by atoms with Crippen LogP contribution in [-0.2, 0) is 16.4 Å². The monoisotopic (exact) mass is 340 g/mol. The number of halogens is 1. The van der Waals surface area contributed by atoms with E-state index < -0.39 is 9.84 Å². The minimum Gasteiger partial charge on any atom is -0.489 e. The smallest absolute Gasteiger partial charge is 0.175 e. The van der Waals surface area contributed by atoms with Crippen LogP contribution in [0.3, 0.4) is 0 Å². The SMILES string of the molecule is CS(=O)(=O)c1ccccc1COc1ccc(C(=N)N)cc1.Cl.